The van der Waals surface area contributed by atoms with Crippen LogP contribution in [0.4, 0.5) is 0 Å². The zero-order valence-electron chi connectivity index (χ0n) is 10.8. The Bertz CT molecular complexity index is 570. The lowest BCUT2D eigenvalue weighted by molar-refractivity contribution is 0.0932. The summed E-state index contributed by atoms with van der Waals surface area (Å²) in [5.41, 5.74) is 1.38. The average molecular weight is 258 g/mol. The molecule has 2 aromatic rings. The summed E-state index contributed by atoms with van der Waals surface area (Å²) < 4.78 is 0. The van der Waals surface area contributed by atoms with Crippen LogP contribution in [0.5, 0.6) is 0 Å². The first-order chi connectivity index (χ1) is 9.34. The first kappa shape index (κ1) is 12.2. The predicted molar refractivity (Wildman–Crippen MR) is 74.1 cm³/mol. The van der Waals surface area contributed by atoms with Gasteiger partial charge in [-0.1, -0.05) is 24.6 Å². The third-order valence-electron chi connectivity index (χ3n) is 3.57. The first-order valence-corrected chi connectivity index (χ1v) is 6.79. The summed E-state index contributed by atoms with van der Waals surface area (Å²) in [6.07, 6.45) is 3.36. The number of rotatable bonds is 2. The molecule has 1 amide bonds. The van der Waals surface area contributed by atoms with Crippen LogP contribution < -0.4 is 10.6 Å². The molecular formula is C14H18N4O. The van der Waals surface area contributed by atoms with Crippen LogP contribution in [0.3, 0.4) is 0 Å². The molecule has 1 aliphatic rings. The number of aromatic nitrogens is 2. The van der Waals surface area contributed by atoms with E-state index in [1.165, 1.54) is 6.42 Å². The highest BCUT2D eigenvalue weighted by atomic mass is 16.2. The second kappa shape index (κ2) is 5.40. The molecule has 0 spiro atoms. The van der Waals surface area contributed by atoms with Gasteiger partial charge in [0.25, 0.3) is 5.91 Å². The number of hydrogen-bond acceptors (Lipinski definition) is 3. The van der Waals surface area contributed by atoms with E-state index in [-0.39, 0.29) is 11.9 Å². The maximum absolute atomic E-state index is 12.3. The molecule has 0 aliphatic carbocycles. The van der Waals surface area contributed by atoms with Crippen LogP contribution in [0.25, 0.3) is 10.9 Å². The SMILES string of the molecule is O=C(NC1CCCCNC1)c1n[nH]c2ccccc12. The topological polar surface area (TPSA) is 69.8 Å². The van der Waals surface area contributed by atoms with Crippen LogP contribution in [0.2, 0.25) is 0 Å². The molecule has 1 aromatic carbocycles. The lowest BCUT2D eigenvalue weighted by Gasteiger charge is -2.15. The summed E-state index contributed by atoms with van der Waals surface area (Å²) in [7, 11) is 0. The van der Waals surface area contributed by atoms with Crippen molar-refractivity contribution in [1.82, 2.24) is 20.8 Å². The minimum atomic E-state index is -0.0915. The van der Waals surface area contributed by atoms with Gasteiger partial charge in [0.2, 0.25) is 0 Å². The Morgan fingerprint density at radius 3 is 3.16 bits per heavy atom. The lowest BCUT2D eigenvalue weighted by atomic mass is 10.1. The Morgan fingerprint density at radius 2 is 2.21 bits per heavy atom. The molecule has 1 unspecified atom stereocenters. The van der Waals surface area contributed by atoms with Crippen molar-refractivity contribution in [3.8, 4) is 0 Å². The molecule has 1 fully saturated rings. The highest BCUT2D eigenvalue weighted by Gasteiger charge is 2.18. The number of carbonyl (C=O) groups excluding carboxylic acids is 1. The van der Waals surface area contributed by atoms with Crippen molar-refractivity contribution in [1.29, 1.82) is 0 Å². The van der Waals surface area contributed by atoms with Gasteiger partial charge in [0.1, 0.15) is 0 Å². The number of nitrogens with zero attached hydrogens (tertiary/aromatic N) is 1. The van der Waals surface area contributed by atoms with Crippen LogP contribution >= 0.6 is 0 Å². The molecule has 100 valence electrons. The van der Waals surface area contributed by atoms with E-state index in [0.29, 0.717) is 5.69 Å². The van der Waals surface area contributed by atoms with Gasteiger partial charge in [-0.25, -0.2) is 0 Å². The minimum Gasteiger partial charge on any atom is -0.347 e. The van der Waals surface area contributed by atoms with Crippen molar-refractivity contribution in [2.45, 2.75) is 25.3 Å². The fraction of sp³-hybridized carbons (Fsp3) is 0.429. The normalized spacial score (nSPS) is 20.1. The molecular weight excluding hydrogens is 240 g/mol. The number of amides is 1. The van der Waals surface area contributed by atoms with E-state index >= 15 is 0 Å². The van der Waals surface area contributed by atoms with E-state index < -0.39 is 0 Å². The molecule has 1 atom stereocenters. The average Bonchev–Trinajstić information content (AvgIpc) is 2.70. The van der Waals surface area contributed by atoms with Gasteiger partial charge in [0.05, 0.1) is 5.52 Å². The Labute approximate surface area is 111 Å². The molecule has 19 heavy (non-hydrogen) atoms. The van der Waals surface area contributed by atoms with Gasteiger partial charge in [-0.2, -0.15) is 5.10 Å². The number of benzene rings is 1. The van der Waals surface area contributed by atoms with E-state index in [9.17, 15) is 4.79 Å². The summed E-state index contributed by atoms with van der Waals surface area (Å²) in [5.74, 6) is -0.0915. The summed E-state index contributed by atoms with van der Waals surface area (Å²) in [4.78, 5) is 12.3. The van der Waals surface area contributed by atoms with E-state index in [1.54, 1.807) is 0 Å². The summed E-state index contributed by atoms with van der Waals surface area (Å²) >= 11 is 0. The van der Waals surface area contributed by atoms with Crippen molar-refractivity contribution in [2.24, 2.45) is 0 Å². The fourth-order valence-corrected chi connectivity index (χ4v) is 2.53. The van der Waals surface area contributed by atoms with Crippen LogP contribution in [0.1, 0.15) is 29.8 Å². The molecule has 2 heterocycles. The largest absolute Gasteiger partial charge is 0.347 e. The fourth-order valence-electron chi connectivity index (χ4n) is 2.53. The first-order valence-electron chi connectivity index (χ1n) is 6.79. The van der Waals surface area contributed by atoms with E-state index in [4.69, 9.17) is 0 Å². The van der Waals surface area contributed by atoms with Crippen LogP contribution in [-0.4, -0.2) is 35.2 Å². The van der Waals surface area contributed by atoms with Gasteiger partial charge >= 0.3 is 0 Å². The van der Waals surface area contributed by atoms with Gasteiger partial charge in [-0.3, -0.25) is 9.89 Å². The van der Waals surface area contributed by atoms with Crippen LogP contribution in [0.15, 0.2) is 24.3 Å². The Balaban J connectivity index is 1.76. The highest BCUT2D eigenvalue weighted by molar-refractivity contribution is 6.04. The zero-order valence-corrected chi connectivity index (χ0v) is 10.8. The monoisotopic (exact) mass is 258 g/mol. The second-order valence-electron chi connectivity index (χ2n) is 4.99. The van der Waals surface area contributed by atoms with Crippen LogP contribution in [0, 0.1) is 0 Å². The summed E-state index contributed by atoms with van der Waals surface area (Å²) in [5, 5.41) is 14.3. The maximum atomic E-state index is 12.3. The molecule has 1 saturated heterocycles. The molecule has 5 heteroatoms. The van der Waals surface area contributed by atoms with E-state index in [0.717, 1.165) is 36.8 Å². The van der Waals surface area contributed by atoms with E-state index in [2.05, 4.69) is 20.8 Å². The van der Waals surface area contributed by atoms with Crippen molar-refractivity contribution in [3.63, 3.8) is 0 Å². The van der Waals surface area contributed by atoms with Crippen LogP contribution in [-0.2, 0) is 0 Å². The minimum absolute atomic E-state index is 0.0915. The van der Waals surface area contributed by atoms with Crippen molar-refractivity contribution in [3.05, 3.63) is 30.0 Å². The molecule has 3 N–H and O–H groups in total. The number of carbonyl (C=O) groups is 1. The number of H-pyrrole nitrogens is 1. The van der Waals surface area contributed by atoms with Crippen molar-refractivity contribution < 1.29 is 4.79 Å². The molecule has 1 aromatic heterocycles. The molecule has 3 rings (SSSR count). The standard InChI is InChI=1S/C14H18N4O/c19-14(16-10-5-3-4-8-15-9-10)13-11-6-1-2-7-12(11)17-18-13/h1-2,6-7,10,15H,3-5,8-9H2,(H,16,19)(H,17,18). The Kier molecular flexibility index (Phi) is 3.46. The quantitative estimate of drug-likeness (QED) is 0.763. The second-order valence-corrected chi connectivity index (χ2v) is 4.99. The third-order valence-corrected chi connectivity index (χ3v) is 3.57. The van der Waals surface area contributed by atoms with Gasteiger partial charge in [-0.05, 0) is 25.5 Å². The molecule has 0 saturated carbocycles. The van der Waals surface area contributed by atoms with Gasteiger partial charge in [0, 0.05) is 18.0 Å². The van der Waals surface area contributed by atoms with Crippen molar-refractivity contribution in [2.75, 3.05) is 13.1 Å². The van der Waals surface area contributed by atoms with E-state index in [1.807, 2.05) is 24.3 Å². The highest BCUT2D eigenvalue weighted by Crippen LogP contribution is 2.15. The number of aromatic amines is 1. The Hall–Kier alpha value is -1.88. The lowest BCUT2D eigenvalue weighted by Crippen LogP contribution is -2.41. The summed E-state index contributed by atoms with van der Waals surface area (Å²) in [6, 6.07) is 7.88. The van der Waals surface area contributed by atoms with Gasteiger partial charge in [-0.15, -0.1) is 0 Å². The summed E-state index contributed by atoms with van der Waals surface area (Å²) in [6.45, 7) is 1.88. The number of fused-ring (bicyclic) bond motifs is 1. The molecule has 1 aliphatic heterocycles. The number of nitrogens with one attached hydrogen (secondary N) is 3. The predicted octanol–water partition coefficient (Wildman–Crippen LogP) is 1.43. The molecule has 0 radical (unpaired) electrons. The van der Waals surface area contributed by atoms with Gasteiger partial charge < -0.3 is 10.6 Å². The smallest absolute Gasteiger partial charge is 0.272 e. The van der Waals surface area contributed by atoms with Gasteiger partial charge in [0.15, 0.2) is 5.69 Å². The molecule has 0 bridgehead atoms. The van der Waals surface area contributed by atoms with Crippen molar-refractivity contribution >= 4 is 16.8 Å². The number of hydrogen-bond donors (Lipinski definition) is 3. The zero-order chi connectivity index (χ0) is 13.1. The maximum Gasteiger partial charge on any atom is 0.272 e. The third kappa shape index (κ3) is 2.61. The molecule has 5 nitrogen and oxygen atoms in total. The Morgan fingerprint density at radius 1 is 1.32 bits per heavy atom. The number of para-hydroxylation sites is 1.